The Morgan fingerprint density at radius 1 is 1.25 bits per heavy atom. The maximum Gasteiger partial charge on any atom is 0.228 e. The summed E-state index contributed by atoms with van der Waals surface area (Å²) in [6.45, 7) is 4.16. The summed E-state index contributed by atoms with van der Waals surface area (Å²) in [6.07, 6.45) is 1.55. The molecule has 0 radical (unpaired) electrons. The number of aromatic nitrogens is 1. The van der Waals surface area contributed by atoms with Crippen LogP contribution in [0.2, 0.25) is 0 Å². The lowest BCUT2D eigenvalue weighted by molar-refractivity contribution is -0.115. The zero-order chi connectivity index (χ0) is 13.7. The lowest BCUT2D eigenvalue weighted by atomic mass is 10.0. The van der Waals surface area contributed by atoms with Gasteiger partial charge >= 0.3 is 0 Å². The molecule has 1 aromatic carbocycles. The molecule has 3 N–H and O–H groups in total. The quantitative estimate of drug-likeness (QED) is 0.741. The van der Waals surface area contributed by atoms with Crippen molar-refractivity contribution in [1.82, 2.24) is 10.3 Å². The van der Waals surface area contributed by atoms with Crippen LogP contribution in [-0.4, -0.2) is 17.4 Å². The van der Waals surface area contributed by atoms with E-state index in [1.807, 2.05) is 6.07 Å². The van der Waals surface area contributed by atoms with Crippen molar-refractivity contribution >= 4 is 11.6 Å². The fourth-order valence-corrected chi connectivity index (χ4v) is 3.25. The van der Waals surface area contributed by atoms with Gasteiger partial charge in [0.05, 0.1) is 6.42 Å². The van der Waals surface area contributed by atoms with Gasteiger partial charge in [-0.1, -0.05) is 6.07 Å². The Balaban J connectivity index is 1.80. The number of nitrogens with one attached hydrogen (secondary N) is 3. The molecule has 1 aromatic heterocycles. The molecule has 0 aliphatic carbocycles. The molecule has 3 heterocycles. The van der Waals surface area contributed by atoms with Crippen molar-refractivity contribution in [1.29, 1.82) is 0 Å². The van der Waals surface area contributed by atoms with E-state index in [1.54, 1.807) is 0 Å². The minimum Gasteiger partial charge on any atom is -0.358 e. The van der Waals surface area contributed by atoms with Gasteiger partial charge < -0.3 is 15.6 Å². The van der Waals surface area contributed by atoms with E-state index in [4.69, 9.17) is 0 Å². The molecule has 0 saturated carbocycles. The summed E-state index contributed by atoms with van der Waals surface area (Å²) < 4.78 is 0. The van der Waals surface area contributed by atoms with Crippen molar-refractivity contribution in [2.75, 3.05) is 11.9 Å². The van der Waals surface area contributed by atoms with Crippen LogP contribution in [0, 0.1) is 6.92 Å². The van der Waals surface area contributed by atoms with Crippen molar-refractivity contribution in [2.24, 2.45) is 0 Å². The van der Waals surface area contributed by atoms with Crippen LogP contribution in [0.4, 0.5) is 5.69 Å². The van der Waals surface area contributed by atoms with Gasteiger partial charge in [-0.2, -0.15) is 0 Å². The molecule has 0 fully saturated rings. The highest BCUT2D eigenvalue weighted by molar-refractivity contribution is 5.99. The van der Waals surface area contributed by atoms with E-state index in [0.29, 0.717) is 6.42 Å². The van der Waals surface area contributed by atoms with E-state index in [-0.39, 0.29) is 5.91 Å². The van der Waals surface area contributed by atoms with E-state index >= 15 is 0 Å². The van der Waals surface area contributed by atoms with Crippen LogP contribution in [0.3, 0.4) is 0 Å². The zero-order valence-corrected chi connectivity index (χ0v) is 11.5. The molecule has 102 valence electrons. The van der Waals surface area contributed by atoms with E-state index < -0.39 is 0 Å². The molecular formula is C16H17N3O. The van der Waals surface area contributed by atoms with Crippen molar-refractivity contribution in [2.45, 2.75) is 26.3 Å². The summed E-state index contributed by atoms with van der Waals surface area (Å²) in [4.78, 5) is 15.0. The number of fused-ring (bicyclic) bond motifs is 2. The van der Waals surface area contributed by atoms with E-state index in [9.17, 15) is 4.79 Å². The van der Waals surface area contributed by atoms with Crippen LogP contribution < -0.4 is 10.6 Å². The molecule has 4 heteroatoms. The average molecular weight is 267 g/mol. The van der Waals surface area contributed by atoms with Crippen LogP contribution in [0.1, 0.15) is 22.4 Å². The number of aromatic amines is 1. The number of amides is 1. The van der Waals surface area contributed by atoms with Crippen molar-refractivity contribution in [3.05, 3.63) is 40.6 Å². The Hall–Kier alpha value is -2.07. The molecule has 4 rings (SSSR count). The number of carbonyl (C=O) groups excluding carboxylic acids is 1. The number of hydrogen-bond donors (Lipinski definition) is 3. The molecule has 4 nitrogen and oxygen atoms in total. The predicted molar refractivity (Wildman–Crippen MR) is 78.7 cm³/mol. The molecule has 0 atom stereocenters. The summed E-state index contributed by atoms with van der Waals surface area (Å²) in [5, 5.41) is 6.30. The third-order valence-electron chi connectivity index (χ3n) is 4.34. The first-order chi connectivity index (χ1) is 9.72. The van der Waals surface area contributed by atoms with Crippen molar-refractivity contribution < 1.29 is 4.79 Å². The van der Waals surface area contributed by atoms with Gasteiger partial charge in [-0.3, -0.25) is 4.79 Å². The van der Waals surface area contributed by atoms with Crippen LogP contribution in [0.15, 0.2) is 18.2 Å². The molecule has 1 amide bonds. The van der Waals surface area contributed by atoms with Crippen LogP contribution in [0.25, 0.3) is 11.3 Å². The van der Waals surface area contributed by atoms with E-state index in [2.05, 4.69) is 34.7 Å². The van der Waals surface area contributed by atoms with Gasteiger partial charge in [0.25, 0.3) is 0 Å². The number of hydrogen-bond acceptors (Lipinski definition) is 2. The number of H-pyrrole nitrogens is 1. The van der Waals surface area contributed by atoms with Gasteiger partial charge in [0, 0.05) is 36.6 Å². The molecule has 2 aliphatic rings. The molecule has 0 saturated heterocycles. The van der Waals surface area contributed by atoms with Crippen molar-refractivity contribution in [3.63, 3.8) is 0 Å². The maximum atomic E-state index is 11.4. The third kappa shape index (κ3) is 1.68. The fourth-order valence-electron chi connectivity index (χ4n) is 3.25. The first-order valence-corrected chi connectivity index (χ1v) is 7.06. The second kappa shape index (κ2) is 4.21. The SMILES string of the molecule is Cc1c(-c2ccc3c(c2)CC(=O)N3)[nH]c2c1CNCC2. The van der Waals surface area contributed by atoms with Gasteiger partial charge in [-0.05, 0) is 41.3 Å². The standard InChI is InChI=1S/C16H17N3O/c1-9-12-8-17-5-4-14(12)19-16(9)10-2-3-13-11(6-10)7-15(20)18-13/h2-3,6,17,19H,4-5,7-8H2,1H3,(H,18,20). The summed E-state index contributed by atoms with van der Waals surface area (Å²) in [7, 11) is 0. The Morgan fingerprint density at radius 2 is 2.15 bits per heavy atom. The van der Waals surface area contributed by atoms with Gasteiger partial charge in [0.15, 0.2) is 0 Å². The lowest BCUT2D eigenvalue weighted by Gasteiger charge is -2.12. The fraction of sp³-hybridized carbons (Fsp3) is 0.312. The van der Waals surface area contributed by atoms with Crippen LogP contribution in [-0.2, 0) is 24.2 Å². The first-order valence-electron chi connectivity index (χ1n) is 7.06. The summed E-state index contributed by atoms with van der Waals surface area (Å²) in [5.41, 5.74) is 8.50. The van der Waals surface area contributed by atoms with E-state index in [1.165, 1.54) is 28.1 Å². The minimum absolute atomic E-state index is 0.0869. The zero-order valence-electron chi connectivity index (χ0n) is 11.5. The summed E-state index contributed by atoms with van der Waals surface area (Å²) in [6, 6.07) is 6.22. The first kappa shape index (κ1) is 11.7. The highest BCUT2D eigenvalue weighted by Crippen LogP contribution is 2.33. The summed E-state index contributed by atoms with van der Waals surface area (Å²) in [5.74, 6) is 0.0869. The van der Waals surface area contributed by atoms with E-state index in [0.717, 1.165) is 30.8 Å². The number of carbonyl (C=O) groups is 1. The number of benzene rings is 1. The van der Waals surface area contributed by atoms with Gasteiger partial charge in [0.1, 0.15) is 0 Å². The lowest BCUT2D eigenvalue weighted by Crippen LogP contribution is -2.23. The smallest absolute Gasteiger partial charge is 0.228 e. The van der Waals surface area contributed by atoms with Crippen LogP contribution >= 0.6 is 0 Å². The second-order valence-electron chi connectivity index (χ2n) is 5.61. The minimum atomic E-state index is 0.0869. The number of anilines is 1. The number of rotatable bonds is 1. The molecule has 0 bridgehead atoms. The van der Waals surface area contributed by atoms with Crippen molar-refractivity contribution in [3.8, 4) is 11.3 Å². The Kier molecular flexibility index (Phi) is 2.47. The third-order valence-corrected chi connectivity index (χ3v) is 4.34. The highest BCUT2D eigenvalue weighted by Gasteiger charge is 2.21. The Labute approximate surface area is 117 Å². The van der Waals surface area contributed by atoms with Gasteiger partial charge in [-0.25, -0.2) is 0 Å². The molecule has 2 aromatic rings. The van der Waals surface area contributed by atoms with Gasteiger partial charge in [0.2, 0.25) is 5.91 Å². The largest absolute Gasteiger partial charge is 0.358 e. The monoisotopic (exact) mass is 267 g/mol. The Morgan fingerprint density at radius 3 is 3.00 bits per heavy atom. The van der Waals surface area contributed by atoms with Gasteiger partial charge in [-0.15, -0.1) is 0 Å². The molecule has 20 heavy (non-hydrogen) atoms. The highest BCUT2D eigenvalue weighted by atomic mass is 16.1. The molecule has 2 aliphatic heterocycles. The predicted octanol–water partition coefficient (Wildman–Crippen LogP) is 2.13. The molecular weight excluding hydrogens is 250 g/mol. The average Bonchev–Trinajstić information content (AvgIpc) is 2.98. The summed E-state index contributed by atoms with van der Waals surface area (Å²) >= 11 is 0. The molecule has 0 unspecified atom stereocenters. The Bertz CT molecular complexity index is 715. The molecule has 0 spiro atoms. The topological polar surface area (TPSA) is 56.9 Å². The second-order valence-corrected chi connectivity index (χ2v) is 5.61. The normalized spacial score (nSPS) is 16.8. The maximum absolute atomic E-state index is 11.4. The van der Waals surface area contributed by atoms with Crippen LogP contribution in [0.5, 0.6) is 0 Å².